The molecule has 3 nitrogen and oxygen atoms in total. The maximum Gasteiger partial charge on any atom is 0.221 e. The minimum Gasteiger partial charge on any atom is -0.353 e. The lowest BCUT2D eigenvalue weighted by Crippen LogP contribution is -2.34. The number of nitrogens with one attached hydrogen (secondary N) is 2. The van der Waals surface area contributed by atoms with E-state index in [-0.39, 0.29) is 5.91 Å². The van der Waals surface area contributed by atoms with Crippen LogP contribution >= 0.6 is 0 Å². The number of hydrogen-bond donors (Lipinski definition) is 2. The Balaban J connectivity index is 2.06. The number of carbonyl (C=O) groups excluding carboxylic acids is 1. The van der Waals surface area contributed by atoms with Crippen molar-refractivity contribution in [2.45, 2.75) is 45.2 Å². The summed E-state index contributed by atoms with van der Waals surface area (Å²) in [5.74, 6) is 0.186. The largest absolute Gasteiger partial charge is 0.353 e. The van der Waals surface area contributed by atoms with E-state index in [0.29, 0.717) is 18.5 Å². The molecule has 0 bridgehead atoms. The van der Waals surface area contributed by atoms with Crippen LogP contribution in [0.2, 0.25) is 0 Å². The first-order valence-electron chi connectivity index (χ1n) is 4.75. The third kappa shape index (κ3) is 3.72. The number of hydrogen-bond acceptors (Lipinski definition) is 2. The van der Waals surface area contributed by atoms with Crippen LogP contribution < -0.4 is 10.6 Å². The summed E-state index contributed by atoms with van der Waals surface area (Å²) >= 11 is 0. The third-order valence-corrected chi connectivity index (χ3v) is 1.99. The van der Waals surface area contributed by atoms with Crippen LogP contribution in [0.15, 0.2) is 0 Å². The molecular weight excluding hydrogens is 152 g/mol. The van der Waals surface area contributed by atoms with Gasteiger partial charge >= 0.3 is 0 Å². The smallest absolute Gasteiger partial charge is 0.221 e. The van der Waals surface area contributed by atoms with E-state index >= 15 is 0 Å². The summed E-state index contributed by atoms with van der Waals surface area (Å²) in [7, 11) is 0. The normalized spacial score (nSPS) is 18.8. The summed E-state index contributed by atoms with van der Waals surface area (Å²) in [4.78, 5) is 11.2. The minimum absolute atomic E-state index is 0.186. The molecule has 1 rings (SSSR count). The fourth-order valence-corrected chi connectivity index (χ4v) is 1.21. The zero-order valence-corrected chi connectivity index (χ0v) is 7.89. The molecule has 0 heterocycles. The molecule has 1 aliphatic rings. The van der Waals surface area contributed by atoms with Crippen molar-refractivity contribution >= 4 is 5.91 Å². The van der Waals surface area contributed by atoms with Crippen molar-refractivity contribution in [1.29, 1.82) is 0 Å². The van der Waals surface area contributed by atoms with E-state index in [1.165, 1.54) is 12.8 Å². The van der Waals surface area contributed by atoms with Gasteiger partial charge in [0.25, 0.3) is 0 Å². The molecule has 1 saturated carbocycles. The lowest BCUT2D eigenvalue weighted by atomic mass is 10.2. The van der Waals surface area contributed by atoms with E-state index in [1.54, 1.807) is 0 Å². The van der Waals surface area contributed by atoms with Crippen molar-refractivity contribution in [1.82, 2.24) is 10.6 Å². The van der Waals surface area contributed by atoms with Gasteiger partial charge in [-0.25, -0.2) is 0 Å². The molecule has 0 spiro atoms. The van der Waals surface area contributed by atoms with Gasteiger partial charge in [0.15, 0.2) is 0 Å². The van der Waals surface area contributed by atoms with Crippen molar-refractivity contribution in [3.63, 3.8) is 0 Å². The number of carbonyl (C=O) groups is 1. The number of rotatable bonds is 5. The predicted molar refractivity (Wildman–Crippen MR) is 48.9 cm³/mol. The lowest BCUT2D eigenvalue weighted by molar-refractivity contribution is -0.121. The molecular formula is C9H18N2O. The Morgan fingerprint density at radius 2 is 2.25 bits per heavy atom. The summed E-state index contributed by atoms with van der Waals surface area (Å²) in [5.41, 5.74) is 0. The van der Waals surface area contributed by atoms with E-state index < -0.39 is 0 Å². The summed E-state index contributed by atoms with van der Waals surface area (Å²) < 4.78 is 0. The Bertz CT molecular complexity index is 155. The van der Waals surface area contributed by atoms with Gasteiger partial charge in [0, 0.05) is 18.5 Å². The van der Waals surface area contributed by atoms with Gasteiger partial charge in [-0.3, -0.25) is 4.79 Å². The molecule has 0 aliphatic heterocycles. The van der Waals surface area contributed by atoms with Crippen LogP contribution in [0, 0.1) is 0 Å². The van der Waals surface area contributed by atoms with Crippen LogP contribution in [0.5, 0.6) is 0 Å². The molecule has 2 N–H and O–H groups in total. The second-order valence-corrected chi connectivity index (χ2v) is 3.50. The molecule has 12 heavy (non-hydrogen) atoms. The maximum absolute atomic E-state index is 11.2. The first-order chi connectivity index (χ1) is 5.72. The van der Waals surface area contributed by atoms with Gasteiger partial charge in [-0.1, -0.05) is 6.92 Å². The average Bonchev–Trinajstić information content (AvgIpc) is 2.71. The highest BCUT2D eigenvalue weighted by Crippen LogP contribution is 2.18. The summed E-state index contributed by atoms with van der Waals surface area (Å²) in [6.07, 6.45) is 2.94. The minimum atomic E-state index is 0.186. The molecule has 0 radical (unpaired) electrons. The Labute approximate surface area is 73.9 Å². The van der Waals surface area contributed by atoms with Crippen molar-refractivity contribution < 1.29 is 4.79 Å². The quantitative estimate of drug-likeness (QED) is 0.636. The van der Waals surface area contributed by atoms with Crippen LogP contribution in [0.25, 0.3) is 0 Å². The first-order valence-corrected chi connectivity index (χ1v) is 4.75. The fraction of sp³-hybridized carbons (Fsp3) is 0.889. The molecule has 70 valence electrons. The molecule has 0 saturated heterocycles. The molecule has 1 fully saturated rings. The Hall–Kier alpha value is -0.570. The lowest BCUT2D eigenvalue weighted by Gasteiger charge is -2.11. The van der Waals surface area contributed by atoms with Crippen molar-refractivity contribution in [3.05, 3.63) is 0 Å². The zero-order chi connectivity index (χ0) is 8.97. The van der Waals surface area contributed by atoms with Gasteiger partial charge < -0.3 is 10.6 Å². The van der Waals surface area contributed by atoms with Crippen LogP contribution in [-0.4, -0.2) is 24.5 Å². The Morgan fingerprint density at radius 1 is 1.58 bits per heavy atom. The molecule has 0 aromatic heterocycles. The van der Waals surface area contributed by atoms with Crippen molar-refractivity contribution in [2.75, 3.05) is 6.54 Å². The molecule has 1 aliphatic carbocycles. The average molecular weight is 170 g/mol. The molecule has 1 unspecified atom stereocenters. The van der Waals surface area contributed by atoms with Gasteiger partial charge in [0.2, 0.25) is 5.91 Å². The van der Waals surface area contributed by atoms with Gasteiger partial charge in [0.1, 0.15) is 0 Å². The molecule has 0 aromatic rings. The molecule has 3 heteroatoms. The molecule has 0 aromatic carbocycles. The molecule has 1 atom stereocenters. The number of amides is 1. The summed E-state index contributed by atoms with van der Waals surface area (Å²) in [6, 6.07) is 0.792. The van der Waals surface area contributed by atoms with Crippen LogP contribution in [-0.2, 0) is 4.79 Å². The van der Waals surface area contributed by atoms with E-state index in [0.717, 1.165) is 6.54 Å². The van der Waals surface area contributed by atoms with Gasteiger partial charge in [0.05, 0.1) is 0 Å². The summed E-state index contributed by atoms with van der Waals surface area (Å²) in [6.45, 7) is 5.02. The predicted octanol–water partition coefficient (Wildman–Crippen LogP) is 0.653. The fourth-order valence-electron chi connectivity index (χ4n) is 1.21. The maximum atomic E-state index is 11.2. The van der Waals surface area contributed by atoms with E-state index in [1.807, 2.05) is 6.92 Å². The van der Waals surface area contributed by atoms with Crippen molar-refractivity contribution in [2.24, 2.45) is 0 Å². The molecule has 1 amide bonds. The van der Waals surface area contributed by atoms with E-state index in [4.69, 9.17) is 0 Å². The van der Waals surface area contributed by atoms with Crippen molar-refractivity contribution in [3.8, 4) is 0 Å². The van der Waals surface area contributed by atoms with Gasteiger partial charge in [-0.05, 0) is 26.3 Å². The zero-order valence-electron chi connectivity index (χ0n) is 7.89. The highest BCUT2D eigenvalue weighted by atomic mass is 16.1. The van der Waals surface area contributed by atoms with Crippen LogP contribution in [0.4, 0.5) is 0 Å². The van der Waals surface area contributed by atoms with E-state index in [9.17, 15) is 4.79 Å². The Morgan fingerprint density at radius 3 is 2.75 bits per heavy atom. The SMILES string of the molecule is CCNC(C)CC(=O)NC1CC1. The monoisotopic (exact) mass is 170 g/mol. The standard InChI is InChI=1S/C9H18N2O/c1-3-10-7(2)6-9(12)11-8-4-5-8/h7-8,10H,3-6H2,1-2H3,(H,11,12). The van der Waals surface area contributed by atoms with Crippen LogP contribution in [0.1, 0.15) is 33.1 Å². The Kier molecular flexibility index (Phi) is 3.53. The third-order valence-electron chi connectivity index (χ3n) is 1.99. The summed E-state index contributed by atoms with van der Waals surface area (Å²) in [5, 5.41) is 6.17. The van der Waals surface area contributed by atoms with Gasteiger partial charge in [-0.15, -0.1) is 0 Å². The highest BCUT2D eigenvalue weighted by Gasteiger charge is 2.23. The topological polar surface area (TPSA) is 41.1 Å². The second-order valence-electron chi connectivity index (χ2n) is 3.50. The second kappa shape index (κ2) is 4.45. The highest BCUT2D eigenvalue weighted by molar-refractivity contribution is 5.77. The van der Waals surface area contributed by atoms with Gasteiger partial charge in [-0.2, -0.15) is 0 Å². The van der Waals surface area contributed by atoms with E-state index in [2.05, 4.69) is 17.6 Å². The van der Waals surface area contributed by atoms with Crippen LogP contribution in [0.3, 0.4) is 0 Å². The first kappa shape index (κ1) is 9.52.